The predicted octanol–water partition coefficient (Wildman–Crippen LogP) is 4.08. The van der Waals surface area contributed by atoms with E-state index in [1.807, 2.05) is 67.1 Å². The van der Waals surface area contributed by atoms with Crippen LogP contribution in [-0.4, -0.2) is 20.4 Å². The number of imidazole rings is 1. The van der Waals surface area contributed by atoms with Crippen molar-refractivity contribution < 1.29 is 4.79 Å². The number of aryl methyl sites for hydroxylation is 1. The molecular weight excluding hydrogens is 336 g/mol. The number of hydrogen-bond donors (Lipinski definition) is 2. The molecule has 136 valence electrons. The second kappa shape index (κ2) is 7.11. The minimum atomic E-state index is -0.0557. The van der Waals surface area contributed by atoms with E-state index in [-0.39, 0.29) is 11.9 Å². The van der Waals surface area contributed by atoms with Gasteiger partial charge in [-0.2, -0.15) is 0 Å². The molecule has 27 heavy (non-hydrogen) atoms. The second-order valence-corrected chi connectivity index (χ2v) is 6.80. The lowest BCUT2D eigenvalue weighted by atomic mass is 10.1. The summed E-state index contributed by atoms with van der Waals surface area (Å²) in [6.07, 6.45) is 5.80. The van der Waals surface area contributed by atoms with E-state index >= 15 is 0 Å². The molecule has 0 saturated carbocycles. The minimum Gasteiger partial charge on any atom is -0.358 e. The van der Waals surface area contributed by atoms with Crippen molar-refractivity contribution in [2.75, 3.05) is 0 Å². The van der Waals surface area contributed by atoms with Gasteiger partial charge in [-0.15, -0.1) is 0 Å². The van der Waals surface area contributed by atoms with Gasteiger partial charge in [-0.1, -0.05) is 30.3 Å². The first-order chi connectivity index (χ1) is 13.1. The standard InChI is InChI=1S/C22H22N4O/c1-15(17-7-9-18(10-8-17)26-12-11-23-14-26)25-22(27)13-20-16(2)24-21-6-4-3-5-19(20)21/h3-12,14-15,24H,13H2,1-2H3,(H,25,27)/t15-/m1/s1. The number of aromatic nitrogens is 3. The van der Waals surface area contributed by atoms with Gasteiger partial charge in [-0.25, -0.2) is 4.98 Å². The van der Waals surface area contributed by atoms with Crippen LogP contribution in [-0.2, 0) is 11.2 Å². The molecule has 0 spiro atoms. The number of carbonyl (C=O) groups is 1. The van der Waals surface area contributed by atoms with Crippen LogP contribution in [0.2, 0.25) is 0 Å². The zero-order valence-corrected chi connectivity index (χ0v) is 15.4. The third kappa shape index (κ3) is 3.49. The molecule has 0 bridgehead atoms. The Morgan fingerprint density at radius 1 is 1.19 bits per heavy atom. The smallest absolute Gasteiger partial charge is 0.224 e. The topological polar surface area (TPSA) is 62.7 Å². The maximum Gasteiger partial charge on any atom is 0.224 e. The van der Waals surface area contributed by atoms with Gasteiger partial charge in [0.05, 0.1) is 18.8 Å². The van der Waals surface area contributed by atoms with Crippen LogP contribution in [0.15, 0.2) is 67.3 Å². The number of nitrogens with zero attached hydrogens (tertiary/aromatic N) is 2. The zero-order chi connectivity index (χ0) is 18.8. The van der Waals surface area contributed by atoms with Crippen LogP contribution in [0.25, 0.3) is 16.6 Å². The molecule has 2 N–H and O–H groups in total. The Hall–Kier alpha value is -3.34. The Morgan fingerprint density at radius 2 is 1.96 bits per heavy atom. The number of rotatable bonds is 5. The van der Waals surface area contributed by atoms with Gasteiger partial charge in [0.2, 0.25) is 5.91 Å². The van der Waals surface area contributed by atoms with E-state index in [0.29, 0.717) is 6.42 Å². The van der Waals surface area contributed by atoms with Gasteiger partial charge in [-0.05, 0) is 43.2 Å². The summed E-state index contributed by atoms with van der Waals surface area (Å²) in [5, 5.41) is 4.22. The predicted molar refractivity (Wildman–Crippen MR) is 107 cm³/mol. The fourth-order valence-corrected chi connectivity index (χ4v) is 3.45. The van der Waals surface area contributed by atoms with Crippen LogP contribution in [0.3, 0.4) is 0 Å². The lowest BCUT2D eigenvalue weighted by Gasteiger charge is -2.15. The lowest BCUT2D eigenvalue weighted by molar-refractivity contribution is -0.121. The molecular formula is C22H22N4O. The number of hydrogen-bond acceptors (Lipinski definition) is 2. The molecule has 5 heteroatoms. The Bertz CT molecular complexity index is 1060. The lowest BCUT2D eigenvalue weighted by Crippen LogP contribution is -2.28. The number of para-hydroxylation sites is 1. The van der Waals surface area contributed by atoms with Crippen LogP contribution >= 0.6 is 0 Å². The quantitative estimate of drug-likeness (QED) is 0.565. The molecule has 5 nitrogen and oxygen atoms in total. The first-order valence-electron chi connectivity index (χ1n) is 9.05. The second-order valence-electron chi connectivity index (χ2n) is 6.80. The van der Waals surface area contributed by atoms with Crippen LogP contribution in [0.5, 0.6) is 0 Å². The number of nitrogens with one attached hydrogen (secondary N) is 2. The maximum atomic E-state index is 12.6. The minimum absolute atomic E-state index is 0.0223. The third-order valence-corrected chi connectivity index (χ3v) is 4.94. The number of benzene rings is 2. The highest BCUT2D eigenvalue weighted by Gasteiger charge is 2.15. The van der Waals surface area contributed by atoms with Gasteiger partial charge >= 0.3 is 0 Å². The summed E-state index contributed by atoms with van der Waals surface area (Å²) in [6, 6.07) is 16.2. The van der Waals surface area contributed by atoms with E-state index in [0.717, 1.165) is 33.4 Å². The van der Waals surface area contributed by atoms with E-state index in [4.69, 9.17) is 0 Å². The fraction of sp³-hybridized carbons (Fsp3) is 0.182. The third-order valence-electron chi connectivity index (χ3n) is 4.94. The number of H-pyrrole nitrogens is 1. The molecule has 0 saturated heterocycles. The fourth-order valence-electron chi connectivity index (χ4n) is 3.45. The van der Waals surface area contributed by atoms with Crippen molar-refractivity contribution in [1.29, 1.82) is 0 Å². The van der Waals surface area contributed by atoms with Crippen LogP contribution in [0.4, 0.5) is 0 Å². The zero-order valence-electron chi connectivity index (χ0n) is 15.4. The Morgan fingerprint density at radius 3 is 2.70 bits per heavy atom. The summed E-state index contributed by atoms with van der Waals surface area (Å²) in [7, 11) is 0. The molecule has 1 atom stereocenters. The van der Waals surface area contributed by atoms with Gasteiger partial charge in [0.15, 0.2) is 0 Å². The van der Waals surface area contributed by atoms with Crippen molar-refractivity contribution in [1.82, 2.24) is 19.9 Å². The average Bonchev–Trinajstić information content (AvgIpc) is 3.31. The molecule has 0 fully saturated rings. The summed E-state index contributed by atoms with van der Waals surface area (Å²) in [5.41, 5.74) is 5.29. The molecule has 0 unspecified atom stereocenters. The number of fused-ring (bicyclic) bond motifs is 1. The van der Waals surface area contributed by atoms with Crippen molar-refractivity contribution in [3.05, 3.63) is 84.1 Å². The monoisotopic (exact) mass is 358 g/mol. The van der Waals surface area contributed by atoms with E-state index in [1.165, 1.54) is 0 Å². The highest BCUT2D eigenvalue weighted by Crippen LogP contribution is 2.23. The molecule has 0 radical (unpaired) electrons. The van der Waals surface area contributed by atoms with Crippen molar-refractivity contribution >= 4 is 16.8 Å². The average molecular weight is 358 g/mol. The van der Waals surface area contributed by atoms with E-state index < -0.39 is 0 Å². The molecule has 0 aliphatic rings. The van der Waals surface area contributed by atoms with E-state index in [1.54, 1.807) is 12.5 Å². The Labute approximate surface area is 158 Å². The first kappa shape index (κ1) is 17.1. The SMILES string of the molecule is Cc1[nH]c2ccccc2c1CC(=O)N[C@H](C)c1ccc(-n2ccnc2)cc1. The van der Waals surface area contributed by atoms with Crippen molar-refractivity contribution in [3.63, 3.8) is 0 Å². The molecule has 2 aromatic heterocycles. The van der Waals surface area contributed by atoms with Gasteiger partial charge in [-0.3, -0.25) is 4.79 Å². The summed E-state index contributed by atoms with van der Waals surface area (Å²) in [5.74, 6) is 0.0223. The molecule has 4 rings (SSSR count). The molecule has 2 heterocycles. The van der Waals surface area contributed by atoms with Crippen LogP contribution in [0.1, 0.15) is 29.8 Å². The van der Waals surface area contributed by atoms with Crippen LogP contribution < -0.4 is 5.32 Å². The highest BCUT2D eigenvalue weighted by atomic mass is 16.1. The van der Waals surface area contributed by atoms with Crippen molar-refractivity contribution in [2.24, 2.45) is 0 Å². The van der Waals surface area contributed by atoms with E-state index in [2.05, 4.69) is 21.4 Å². The summed E-state index contributed by atoms with van der Waals surface area (Å²) in [4.78, 5) is 20.0. The van der Waals surface area contributed by atoms with Crippen LogP contribution in [0, 0.1) is 6.92 Å². The van der Waals surface area contributed by atoms with Gasteiger partial charge in [0, 0.05) is 34.7 Å². The highest BCUT2D eigenvalue weighted by molar-refractivity contribution is 5.90. The Kier molecular flexibility index (Phi) is 4.50. The van der Waals surface area contributed by atoms with Gasteiger partial charge in [0.1, 0.15) is 0 Å². The van der Waals surface area contributed by atoms with Gasteiger partial charge < -0.3 is 14.9 Å². The number of amides is 1. The van der Waals surface area contributed by atoms with E-state index in [9.17, 15) is 4.79 Å². The maximum absolute atomic E-state index is 12.6. The largest absolute Gasteiger partial charge is 0.358 e. The normalized spacial score (nSPS) is 12.2. The number of aromatic amines is 1. The molecule has 1 amide bonds. The molecule has 0 aliphatic heterocycles. The summed E-state index contributed by atoms with van der Waals surface area (Å²) in [6.45, 7) is 4.02. The van der Waals surface area contributed by atoms with Crippen molar-refractivity contribution in [2.45, 2.75) is 26.3 Å². The molecule has 4 aromatic rings. The molecule has 0 aliphatic carbocycles. The summed E-state index contributed by atoms with van der Waals surface area (Å²) >= 11 is 0. The summed E-state index contributed by atoms with van der Waals surface area (Å²) < 4.78 is 1.95. The Balaban J connectivity index is 1.45. The van der Waals surface area contributed by atoms with Crippen molar-refractivity contribution in [3.8, 4) is 5.69 Å². The number of carbonyl (C=O) groups excluding carboxylic acids is 1. The van der Waals surface area contributed by atoms with Gasteiger partial charge in [0.25, 0.3) is 0 Å². The molecule has 2 aromatic carbocycles. The first-order valence-corrected chi connectivity index (χ1v) is 9.05.